The lowest BCUT2D eigenvalue weighted by Gasteiger charge is -2.32. The maximum Gasteiger partial charge on any atom is 0.497 e. The summed E-state index contributed by atoms with van der Waals surface area (Å²) in [4.78, 5) is 13.7. The van der Waals surface area contributed by atoms with E-state index in [1.54, 1.807) is 19.1 Å². The van der Waals surface area contributed by atoms with Crippen molar-refractivity contribution in [3.05, 3.63) is 29.6 Å². The molecule has 6 heteroatoms. The Morgan fingerprint density at radius 2 is 1.88 bits per heavy atom. The number of amides is 1. The number of halogens is 1. The molecular formula is C18H25BFNO3. The van der Waals surface area contributed by atoms with Crippen LogP contribution in [-0.2, 0) is 14.1 Å². The molecule has 0 radical (unpaired) electrons. The minimum atomic E-state index is -0.734. The predicted molar refractivity (Wildman–Crippen MR) is 91.5 cm³/mol. The van der Waals surface area contributed by atoms with Gasteiger partial charge in [0, 0.05) is 18.9 Å². The summed E-state index contributed by atoms with van der Waals surface area (Å²) in [5.74, 6) is -0.288. The molecule has 2 aliphatic rings. The van der Waals surface area contributed by atoms with Crippen LogP contribution in [-0.4, -0.2) is 35.7 Å². The van der Waals surface area contributed by atoms with Gasteiger partial charge in [-0.05, 0) is 52.2 Å². The zero-order valence-corrected chi connectivity index (χ0v) is 15.1. The number of nitrogens with zero attached hydrogens (tertiary/aromatic N) is 1. The Morgan fingerprint density at radius 3 is 2.46 bits per heavy atom. The lowest BCUT2D eigenvalue weighted by Crippen LogP contribution is -2.41. The number of carbonyl (C=O) groups excluding carboxylic acids is 1. The van der Waals surface area contributed by atoms with Gasteiger partial charge in [-0.1, -0.05) is 12.1 Å². The molecule has 1 aromatic carbocycles. The highest BCUT2D eigenvalue weighted by molar-refractivity contribution is 6.62. The normalized spacial score (nSPS) is 25.3. The molecule has 4 nitrogen and oxygen atoms in total. The van der Waals surface area contributed by atoms with Crippen LogP contribution in [0, 0.1) is 5.82 Å². The second kappa shape index (κ2) is 5.85. The molecule has 0 N–H and O–H groups in total. The molecule has 2 saturated heterocycles. The van der Waals surface area contributed by atoms with E-state index in [9.17, 15) is 9.18 Å². The molecule has 2 aliphatic heterocycles. The van der Waals surface area contributed by atoms with Crippen LogP contribution in [0.4, 0.5) is 4.39 Å². The molecule has 1 unspecified atom stereocenters. The predicted octanol–water partition coefficient (Wildman–Crippen LogP) is 2.81. The molecule has 1 aromatic rings. The summed E-state index contributed by atoms with van der Waals surface area (Å²) in [7, 11) is -0.734. The first kappa shape index (κ1) is 17.4. The van der Waals surface area contributed by atoms with E-state index in [0.29, 0.717) is 5.46 Å². The van der Waals surface area contributed by atoms with Crippen LogP contribution >= 0.6 is 0 Å². The van der Waals surface area contributed by atoms with Gasteiger partial charge in [0.15, 0.2) is 0 Å². The molecule has 1 atom stereocenters. The Morgan fingerprint density at radius 1 is 1.25 bits per heavy atom. The van der Waals surface area contributed by atoms with Crippen molar-refractivity contribution in [3.63, 3.8) is 0 Å². The van der Waals surface area contributed by atoms with Crippen molar-refractivity contribution >= 4 is 18.5 Å². The molecule has 0 bridgehead atoms. The molecule has 0 spiro atoms. The summed E-state index contributed by atoms with van der Waals surface area (Å²) in [6, 6.07) is 5.01. The molecule has 1 amide bonds. The van der Waals surface area contributed by atoms with Crippen molar-refractivity contribution in [1.82, 2.24) is 4.90 Å². The third-order valence-corrected chi connectivity index (χ3v) is 5.57. The fraction of sp³-hybridized carbons (Fsp3) is 0.611. The second-order valence-electron chi connectivity index (χ2n) is 7.74. The zero-order valence-electron chi connectivity index (χ0n) is 15.1. The standard InChI is InChI=1S/C18H25BFNO3/c1-12(22)21-10-6-7-16(21)13-8-9-15(20)14(11-13)19-23-17(2,3)18(4,5)24-19/h8-9,11,16H,6-7,10H2,1-5H3. The molecule has 130 valence electrons. The van der Waals surface area contributed by atoms with Crippen molar-refractivity contribution in [2.45, 2.75) is 64.7 Å². The van der Waals surface area contributed by atoms with E-state index in [0.717, 1.165) is 24.9 Å². The third kappa shape index (κ3) is 2.86. The van der Waals surface area contributed by atoms with Gasteiger partial charge in [-0.25, -0.2) is 4.39 Å². The van der Waals surface area contributed by atoms with Crippen molar-refractivity contribution in [2.75, 3.05) is 6.54 Å². The second-order valence-corrected chi connectivity index (χ2v) is 7.74. The number of hydrogen-bond donors (Lipinski definition) is 0. The summed E-state index contributed by atoms with van der Waals surface area (Å²) in [6.07, 6.45) is 1.86. The van der Waals surface area contributed by atoms with Crippen LogP contribution in [0.15, 0.2) is 18.2 Å². The highest BCUT2D eigenvalue weighted by atomic mass is 19.1. The lowest BCUT2D eigenvalue weighted by atomic mass is 9.77. The minimum Gasteiger partial charge on any atom is -0.399 e. The van der Waals surface area contributed by atoms with E-state index >= 15 is 0 Å². The number of rotatable bonds is 2. The van der Waals surface area contributed by atoms with Gasteiger partial charge < -0.3 is 14.2 Å². The number of hydrogen-bond acceptors (Lipinski definition) is 3. The van der Waals surface area contributed by atoms with E-state index in [-0.39, 0.29) is 17.8 Å². The van der Waals surface area contributed by atoms with Crippen molar-refractivity contribution in [2.24, 2.45) is 0 Å². The summed E-state index contributed by atoms with van der Waals surface area (Å²) in [6.45, 7) is 10.1. The number of carbonyl (C=O) groups is 1. The van der Waals surface area contributed by atoms with Gasteiger partial charge >= 0.3 is 7.12 Å². The van der Waals surface area contributed by atoms with Crippen molar-refractivity contribution in [3.8, 4) is 0 Å². The SMILES string of the molecule is CC(=O)N1CCCC1c1ccc(F)c(B2OC(C)(C)C(C)(C)O2)c1. The molecular weight excluding hydrogens is 308 g/mol. The third-order valence-electron chi connectivity index (χ3n) is 5.57. The molecule has 2 heterocycles. The highest BCUT2D eigenvalue weighted by Gasteiger charge is 2.52. The fourth-order valence-corrected chi connectivity index (χ4v) is 3.41. The average Bonchev–Trinajstić information content (AvgIpc) is 3.03. The molecule has 24 heavy (non-hydrogen) atoms. The first-order chi connectivity index (χ1) is 11.1. The van der Waals surface area contributed by atoms with Crippen LogP contribution in [0.2, 0.25) is 0 Å². The number of likely N-dealkylation sites (tertiary alicyclic amines) is 1. The molecule has 0 saturated carbocycles. The van der Waals surface area contributed by atoms with Gasteiger partial charge in [0.2, 0.25) is 5.91 Å². The van der Waals surface area contributed by atoms with Crippen molar-refractivity contribution < 1.29 is 18.5 Å². The van der Waals surface area contributed by atoms with E-state index < -0.39 is 18.3 Å². The summed E-state index contributed by atoms with van der Waals surface area (Å²) >= 11 is 0. The summed E-state index contributed by atoms with van der Waals surface area (Å²) < 4.78 is 26.4. The largest absolute Gasteiger partial charge is 0.497 e. The lowest BCUT2D eigenvalue weighted by molar-refractivity contribution is -0.129. The molecule has 3 rings (SSSR count). The maximum absolute atomic E-state index is 14.4. The number of benzene rings is 1. The first-order valence-electron chi connectivity index (χ1n) is 8.54. The monoisotopic (exact) mass is 333 g/mol. The van der Waals surface area contributed by atoms with E-state index in [1.807, 2.05) is 32.6 Å². The van der Waals surface area contributed by atoms with E-state index in [2.05, 4.69) is 0 Å². The zero-order chi connectivity index (χ0) is 17.7. The molecule has 0 aliphatic carbocycles. The quantitative estimate of drug-likeness (QED) is 0.782. The van der Waals surface area contributed by atoms with E-state index in [1.165, 1.54) is 6.07 Å². The Kier molecular flexibility index (Phi) is 4.25. The Bertz CT molecular complexity index is 646. The van der Waals surface area contributed by atoms with E-state index in [4.69, 9.17) is 9.31 Å². The Balaban J connectivity index is 1.92. The maximum atomic E-state index is 14.4. The Hall–Kier alpha value is -1.40. The Labute approximate surface area is 143 Å². The summed E-state index contributed by atoms with van der Waals surface area (Å²) in [5.41, 5.74) is 0.313. The smallest absolute Gasteiger partial charge is 0.399 e. The van der Waals surface area contributed by atoms with Crippen LogP contribution in [0.25, 0.3) is 0 Å². The van der Waals surface area contributed by atoms with Crippen molar-refractivity contribution in [1.29, 1.82) is 0 Å². The van der Waals surface area contributed by atoms with Gasteiger partial charge in [0.25, 0.3) is 0 Å². The van der Waals surface area contributed by atoms with Crippen LogP contribution in [0.1, 0.15) is 59.1 Å². The van der Waals surface area contributed by atoms with Gasteiger partial charge in [0.05, 0.1) is 17.2 Å². The fourth-order valence-electron chi connectivity index (χ4n) is 3.41. The van der Waals surface area contributed by atoms with Crippen LogP contribution in [0.5, 0.6) is 0 Å². The van der Waals surface area contributed by atoms with Gasteiger partial charge in [-0.3, -0.25) is 4.79 Å². The summed E-state index contributed by atoms with van der Waals surface area (Å²) in [5, 5.41) is 0. The van der Waals surface area contributed by atoms with Crippen LogP contribution < -0.4 is 5.46 Å². The topological polar surface area (TPSA) is 38.8 Å². The minimum absolute atomic E-state index is 0.00396. The molecule has 0 aromatic heterocycles. The first-order valence-corrected chi connectivity index (χ1v) is 8.54. The highest BCUT2D eigenvalue weighted by Crippen LogP contribution is 2.37. The van der Waals surface area contributed by atoms with Gasteiger partial charge in [0.1, 0.15) is 5.82 Å². The van der Waals surface area contributed by atoms with Gasteiger partial charge in [-0.15, -0.1) is 0 Å². The average molecular weight is 333 g/mol. The van der Waals surface area contributed by atoms with Crippen LogP contribution in [0.3, 0.4) is 0 Å². The molecule has 2 fully saturated rings. The van der Waals surface area contributed by atoms with Gasteiger partial charge in [-0.2, -0.15) is 0 Å².